The smallest absolute Gasteiger partial charge is 0.325 e. The second-order valence-electron chi connectivity index (χ2n) is 7.12. The van der Waals surface area contributed by atoms with Crippen LogP contribution < -0.4 is 4.74 Å². The van der Waals surface area contributed by atoms with Crippen molar-refractivity contribution < 1.29 is 14.3 Å². The van der Waals surface area contributed by atoms with E-state index in [0.717, 1.165) is 5.56 Å². The minimum Gasteiger partial charge on any atom is -0.425 e. The first-order valence-electron chi connectivity index (χ1n) is 8.46. The van der Waals surface area contributed by atoms with Crippen LogP contribution in [0.15, 0.2) is 54.6 Å². The van der Waals surface area contributed by atoms with Crippen LogP contribution in [0.1, 0.15) is 43.2 Å². The molecule has 122 valence electrons. The fourth-order valence-corrected chi connectivity index (χ4v) is 4.37. The van der Waals surface area contributed by atoms with Gasteiger partial charge in [-0.2, -0.15) is 0 Å². The summed E-state index contributed by atoms with van der Waals surface area (Å²) in [6, 6.07) is 17.8. The lowest BCUT2D eigenvalue weighted by Gasteiger charge is -2.55. The number of fused-ring (bicyclic) bond motifs is 3. The van der Waals surface area contributed by atoms with E-state index in [1.54, 1.807) is 0 Å². The molecule has 2 aromatic rings. The van der Waals surface area contributed by atoms with Gasteiger partial charge in [0.2, 0.25) is 0 Å². The van der Waals surface area contributed by atoms with E-state index in [9.17, 15) is 9.59 Å². The van der Waals surface area contributed by atoms with Gasteiger partial charge >= 0.3 is 5.97 Å². The fraction of sp³-hybridized carbons (Fsp3) is 0.333. The summed E-state index contributed by atoms with van der Waals surface area (Å²) in [5.74, 6) is 0.0637. The molecule has 0 saturated heterocycles. The third kappa shape index (κ3) is 1.90. The van der Waals surface area contributed by atoms with E-state index in [2.05, 4.69) is 12.1 Å². The van der Waals surface area contributed by atoms with E-state index < -0.39 is 5.41 Å². The molecule has 0 unspecified atom stereocenters. The Morgan fingerprint density at radius 1 is 1.08 bits per heavy atom. The van der Waals surface area contributed by atoms with Crippen LogP contribution in [0.3, 0.4) is 0 Å². The highest BCUT2D eigenvalue weighted by Gasteiger charge is 2.67. The molecular formula is C21H20O3. The van der Waals surface area contributed by atoms with Gasteiger partial charge in [-0.25, -0.2) is 0 Å². The molecule has 0 N–H and O–H groups in total. The first-order valence-corrected chi connectivity index (χ1v) is 8.46. The summed E-state index contributed by atoms with van der Waals surface area (Å²) in [7, 11) is 0. The van der Waals surface area contributed by atoms with Gasteiger partial charge in [-0.05, 0) is 24.0 Å². The molecule has 24 heavy (non-hydrogen) atoms. The summed E-state index contributed by atoms with van der Waals surface area (Å²) in [6.45, 7) is 3.72. The van der Waals surface area contributed by atoms with Crippen molar-refractivity contribution in [3.8, 4) is 5.75 Å². The van der Waals surface area contributed by atoms with Gasteiger partial charge in [-0.3, -0.25) is 9.59 Å². The van der Waals surface area contributed by atoms with Crippen LogP contribution in [-0.2, 0) is 9.59 Å². The molecule has 0 aromatic heterocycles. The number of benzene rings is 2. The number of ether oxygens (including phenoxy) is 1. The number of carbonyl (C=O) groups is 2. The Hall–Kier alpha value is -2.42. The summed E-state index contributed by atoms with van der Waals surface area (Å²) in [4.78, 5) is 25.8. The van der Waals surface area contributed by atoms with Gasteiger partial charge in [0.05, 0.1) is 0 Å². The van der Waals surface area contributed by atoms with Crippen molar-refractivity contribution in [3.05, 3.63) is 65.7 Å². The second-order valence-corrected chi connectivity index (χ2v) is 7.12. The molecule has 1 saturated carbocycles. The number of ketones is 1. The van der Waals surface area contributed by atoms with Crippen LogP contribution in [0, 0.1) is 11.3 Å². The monoisotopic (exact) mass is 320 g/mol. The summed E-state index contributed by atoms with van der Waals surface area (Å²) in [5, 5.41) is 0. The van der Waals surface area contributed by atoms with E-state index in [0.29, 0.717) is 12.2 Å². The normalized spacial score (nSPS) is 27.7. The number of esters is 1. The number of para-hydroxylation sites is 1. The van der Waals surface area contributed by atoms with Crippen molar-refractivity contribution >= 4 is 11.8 Å². The first kappa shape index (κ1) is 15.1. The van der Waals surface area contributed by atoms with E-state index in [1.807, 2.05) is 56.3 Å². The van der Waals surface area contributed by atoms with Crippen LogP contribution in [0.25, 0.3) is 0 Å². The number of rotatable bonds is 3. The zero-order valence-electron chi connectivity index (χ0n) is 13.9. The molecule has 3 nitrogen and oxygen atoms in total. The molecule has 0 radical (unpaired) electrons. The number of hydrogen-bond acceptors (Lipinski definition) is 3. The molecule has 1 aliphatic heterocycles. The van der Waals surface area contributed by atoms with Crippen LogP contribution in [-0.4, -0.2) is 11.8 Å². The van der Waals surface area contributed by atoms with Crippen LogP contribution in [0.2, 0.25) is 0 Å². The van der Waals surface area contributed by atoms with Gasteiger partial charge in [-0.15, -0.1) is 0 Å². The summed E-state index contributed by atoms with van der Waals surface area (Å²) in [6.07, 6.45) is 0.534. The zero-order chi connectivity index (χ0) is 16.9. The average molecular weight is 320 g/mol. The molecule has 4 rings (SSSR count). The second kappa shape index (κ2) is 5.30. The van der Waals surface area contributed by atoms with Gasteiger partial charge in [0, 0.05) is 17.4 Å². The van der Waals surface area contributed by atoms with Gasteiger partial charge in [-0.1, -0.05) is 62.4 Å². The Bertz CT molecular complexity index is 809. The minimum atomic E-state index is -1.02. The lowest BCUT2D eigenvalue weighted by Crippen LogP contribution is -2.60. The van der Waals surface area contributed by atoms with Crippen molar-refractivity contribution in [2.24, 2.45) is 11.3 Å². The van der Waals surface area contributed by atoms with Gasteiger partial charge < -0.3 is 4.74 Å². The maximum Gasteiger partial charge on any atom is 0.325 e. The largest absolute Gasteiger partial charge is 0.425 e. The molecule has 0 bridgehead atoms. The molecule has 2 aliphatic rings. The summed E-state index contributed by atoms with van der Waals surface area (Å²) in [5.41, 5.74) is 1.13. The molecule has 2 aromatic carbocycles. The Morgan fingerprint density at radius 3 is 2.46 bits per heavy atom. The van der Waals surface area contributed by atoms with Gasteiger partial charge in [0.25, 0.3) is 0 Å². The van der Waals surface area contributed by atoms with E-state index >= 15 is 0 Å². The maximum absolute atomic E-state index is 13.0. The molecule has 0 amide bonds. The number of carbonyl (C=O) groups excluding carboxylic acids is 2. The van der Waals surface area contributed by atoms with Crippen LogP contribution in [0.4, 0.5) is 0 Å². The third-order valence-corrected chi connectivity index (χ3v) is 5.49. The van der Waals surface area contributed by atoms with E-state index in [1.165, 1.54) is 5.56 Å². The lowest BCUT2D eigenvalue weighted by atomic mass is 9.46. The molecular weight excluding hydrogens is 300 g/mol. The lowest BCUT2D eigenvalue weighted by molar-refractivity contribution is -0.167. The quantitative estimate of drug-likeness (QED) is 0.486. The van der Waals surface area contributed by atoms with Crippen molar-refractivity contribution in [2.75, 3.05) is 0 Å². The van der Waals surface area contributed by atoms with Crippen LogP contribution in [0.5, 0.6) is 5.75 Å². The SMILES string of the molecule is CC(C)C(=O)[C@@]12C[C@@H](c3ccccc3)[C@@H]1c1ccccc1OC2=O. The average Bonchev–Trinajstić information content (AvgIpc) is 2.56. The van der Waals surface area contributed by atoms with Crippen LogP contribution >= 0.6 is 0 Å². The molecule has 1 fully saturated rings. The predicted octanol–water partition coefficient (Wildman–Crippen LogP) is 4.09. The third-order valence-electron chi connectivity index (χ3n) is 5.49. The van der Waals surface area contributed by atoms with Gasteiger partial charge in [0.1, 0.15) is 11.2 Å². The van der Waals surface area contributed by atoms with Crippen molar-refractivity contribution in [2.45, 2.75) is 32.1 Å². The molecule has 3 heteroatoms. The minimum absolute atomic E-state index is 0.000755. The summed E-state index contributed by atoms with van der Waals surface area (Å²) >= 11 is 0. The topological polar surface area (TPSA) is 43.4 Å². The molecule has 1 aliphatic carbocycles. The van der Waals surface area contributed by atoms with Crippen molar-refractivity contribution in [1.29, 1.82) is 0 Å². The first-order chi connectivity index (χ1) is 11.6. The number of hydrogen-bond donors (Lipinski definition) is 0. The van der Waals surface area contributed by atoms with Gasteiger partial charge in [0.15, 0.2) is 5.78 Å². The van der Waals surface area contributed by atoms with E-state index in [4.69, 9.17) is 4.74 Å². The fourth-order valence-electron chi connectivity index (χ4n) is 4.37. The maximum atomic E-state index is 13.0. The Balaban J connectivity index is 1.86. The molecule has 3 atom stereocenters. The highest BCUT2D eigenvalue weighted by atomic mass is 16.5. The number of Topliss-reactive ketones (excluding diaryl/α,β-unsaturated/α-hetero) is 1. The highest BCUT2D eigenvalue weighted by molar-refractivity contribution is 6.09. The Morgan fingerprint density at radius 2 is 1.75 bits per heavy atom. The summed E-state index contributed by atoms with van der Waals surface area (Å²) < 4.78 is 5.56. The Labute approximate surface area is 141 Å². The predicted molar refractivity (Wildman–Crippen MR) is 90.9 cm³/mol. The molecule has 1 heterocycles. The van der Waals surface area contributed by atoms with Crippen molar-refractivity contribution in [3.63, 3.8) is 0 Å². The van der Waals surface area contributed by atoms with E-state index in [-0.39, 0.29) is 29.5 Å². The highest BCUT2D eigenvalue weighted by Crippen LogP contribution is 2.66. The Kier molecular flexibility index (Phi) is 3.34. The molecule has 0 spiro atoms. The zero-order valence-corrected chi connectivity index (χ0v) is 13.9. The van der Waals surface area contributed by atoms with Crippen molar-refractivity contribution in [1.82, 2.24) is 0 Å². The standard InChI is InChI=1S/C21H20O3/c1-13(2)19(22)21-12-16(14-8-4-3-5-9-14)18(21)15-10-6-7-11-17(15)24-20(21)23/h3-11,13,16,18H,12H2,1-2H3/t16-,18-,21+/m0/s1.